The minimum atomic E-state index is -0.980. The van der Waals surface area contributed by atoms with Crippen LogP contribution in [0.4, 0.5) is 10.1 Å². The molecule has 8 heteroatoms. The van der Waals surface area contributed by atoms with Crippen molar-refractivity contribution >= 4 is 27.6 Å². The van der Waals surface area contributed by atoms with E-state index < -0.39 is 22.4 Å². The Morgan fingerprint density at radius 2 is 2.22 bits per heavy atom. The number of nitro groups is 1. The number of aliphatic carboxylic acids is 1. The van der Waals surface area contributed by atoms with Crippen molar-refractivity contribution in [2.75, 3.05) is 6.61 Å². The fourth-order valence-corrected chi connectivity index (χ4v) is 1.76. The highest BCUT2D eigenvalue weighted by atomic mass is 79.9. The van der Waals surface area contributed by atoms with Crippen LogP contribution in [0.2, 0.25) is 0 Å². The van der Waals surface area contributed by atoms with Crippen molar-refractivity contribution in [2.45, 2.75) is 12.8 Å². The van der Waals surface area contributed by atoms with Crippen LogP contribution >= 0.6 is 15.9 Å². The van der Waals surface area contributed by atoms with Gasteiger partial charge in [0.15, 0.2) is 0 Å². The second kappa shape index (κ2) is 6.29. The number of ether oxygens (including phenoxy) is 1. The van der Waals surface area contributed by atoms with Crippen LogP contribution in [0.5, 0.6) is 5.75 Å². The maximum Gasteiger partial charge on any atom is 0.315 e. The van der Waals surface area contributed by atoms with E-state index in [1.54, 1.807) is 0 Å². The molecule has 1 aromatic carbocycles. The summed E-state index contributed by atoms with van der Waals surface area (Å²) in [4.78, 5) is 20.2. The lowest BCUT2D eigenvalue weighted by Gasteiger charge is -2.08. The lowest BCUT2D eigenvalue weighted by atomic mass is 10.3. The second-order valence-corrected chi connectivity index (χ2v) is 4.19. The number of nitrogens with zero attached hydrogens (tertiary/aromatic N) is 1. The summed E-state index contributed by atoms with van der Waals surface area (Å²) in [5.74, 6) is -1.84. The molecule has 0 amide bonds. The van der Waals surface area contributed by atoms with Crippen molar-refractivity contribution < 1.29 is 24.0 Å². The minimum absolute atomic E-state index is 0.00261. The highest BCUT2D eigenvalue weighted by Gasteiger charge is 2.20. The Morgan fingerprint density at radius 3 is 2.78 bits per heavy atom. The Balaban J connectivity index is 2.80. The molecule has 0 aliphatic rings. The number of nitro benzene ring substituents is 1. The summed E-state index contributed by atoms with van der Waals surface area (Å²) in [6, 6.07) is 1.79. The van der Waals surface area contributed by atoms with Gasteiger partial charge in [-0.2, -0.15) is 0 Å². The van der Waals surface area contributed by atoms with Gasteiger partial charge in [0.05, 0.1) is 22.1 Å². The predicted molar refractivity (Wildman–Crippen MR) is 63.1 cm³/mol. The van der Waals surface area contributed by atoms with Gasteiger partial charge in [-0.05, 0) is 28.4 Å². The normalized spacial score (nSPS) is 10.1. The van der Waals surface area contributed by atoms with Crippen LogP contribution in [0.25, 0.3) is 0 Å². The highest BCUT2D eigenvalue weighted by molar-refractivity contribution is 9.10. The Hall–Kier alpha value is -1.70. The van der Waals surface area contributed by atoms with Crippen LogP contribution in [0.3, 0.4) is 0 Å². The van der Waals surface area contributed by atoms with Gasteiger partial charge in [-0.25, -0.2) is 4.39 Å². The van der Waals surface area contributed by atoms with E-state index in [-0.39, 0.29) is 29.7 Å². The quantitative estimate of drug-likeness (QED) is 0.494. The number of rotatable bonds is 6. The third-order valence-corrected chi connectivity index (χ3v) is 2.56. The summed E-state index contributed by atoms with van der Waals surface area (Å²) in [5.41, 5.74) is -0.503. The molecule has 0 unspecified atom stereocenters. The van der Waals surface area contributed by atoms with Crippen LogP contribution in [-0.4, -0.2) is 22.6 Å². The molecule has 0 aromatic heterocycles. The summed E-state index contributed by atoms with van der Waals surface area (Å²) in [7, 11) is 0. The molecule has 0 spiro atoms. The van der Waals surface area contributed by atoms with E-state index in [9.17, 15) is 19.3 Å². The van der Waals surface area contributed by atoms with Gasteiger partial charge in [0.2, 0.25) is 5.75 Å². The SMILES string of the molecule is O=C(O)CCCOc1c(Br)cc(F)cc1[N+](=O)[O-]. The van der Waals surface area contributed by atoms with Crippen molar-refractivity contribution in [1.29, 1.82) is 0 Å². The molecule has 0 saturated heterocycles. The fraction of sp³-hybridized carbons (Fsp3) is 0.300. The molecule has 0 aliphatic carbocycles. The van der Waals surface area contributed by atoms with Gasteiger partial charge < -0.3 is 9.84 Å². The summed E-state index contributed by atoms with van der Waals surface area (Å²) in [6.45, 7) is -0.00261. The van der Waals surface area contributed by atoms with Crippen molar-refractivity contribution in [3.8, 4) is 5.75 Å². The maximum atomic E-state index is 13.0. The summed E-state index contributed by atoms with van der Waals surface area (Å²) < 4.78 is 18.2. The lowest BCUT2D eigenvalue weighted by molar-refractivity contribution is -0.386. The fourth-order valence-electron chi connectivity index (χ4n) is 1.22. The number of hydrogen-bond donors (Lipinski definition) is 1. The number of carboxylic acids is 1. The third kappa shape index (κ3) is 3.95. The maximum absolute atomic E-state index is 13.0. The Morgan fingerprint density at radius 1 is 1.56 bits per heavy atom. The number of carboxylic acid groups (broad SMARTS) is 1. The minimum Gasteiger partial charge on any atom is -0.486 e. The molecule has 0 radical (unpaired) electrons. The summed E-state index contributed by atoms with van der Waals surface area (Å²) in [5, 5.41) is 19.1. The molecule has 0 fully saturated rings. The van der Waals surface area contributed by atoms with Gasteiger partial charge in [-0.3, -0.25) is 14.9 Å². The molecule has 0 aliphatic heterocycles. The standard InChI is InChI=1S/C10H9BrFNO5/c11-7-4-6(12)5-8(13(16)17)10(7)18-3-1-2-9(14)15/h4-5H,1-3H2,(H,14,15). The molecule has 1 N–H and O–H groups in total. The highest BCUT2D eigenvalue weighted by Crippen LogP contribution is 2.36. The van der Waals surface area contributed by atoms with Gasteiger partial charge in [0.25, 0.3) is 0 Å². The molecule has 0 atom stereocenters. The van der Waals surface area contributed by atoms with Gasteiger partial charge in [0.1, 0.15) is 5.82 Å². The van der Waals surface area contributed by atoms with Gasteiger partial charge >= 0.3 is 11.7 Å². The first-order valence-electron chi connectivity index (χ1n) is 4.90. The first-order valence-corrected chi connectivity index (χ1v) is 5.69. The lowest BCUT2D eigenvalue weighted by Crippen LogP contribution is -2.04. The second-order valence-electron chi connectivity index (χ2n) is 3.34. The average Bonchev–Trinajstić information content (AvgIpc) is 2.25. The van der Waals surface area contributed by atoms with E-state index in [1.807, 2.05) is 0 Å². The number of hydrogen-bond acceptors (Lipinski definition) is 4. The zero-order valence-corrected chi connectivity index (χ0v) is 10.6. The molecule has 18 heavy (non-hydrogen) atoms. The number of benzene rings is 1. The Kier molecular flexibility index (Phi) is 5.02. The van der Waals surface area contributed by atoms with Crippen molar-refractivity contribution in [2.24, 2.45) is 0 Å². The number of halogens is 2. The zero-order chi connectivity index (χ0) is 13.7. The van der Waals surface area contributed by atoms with Crippen LogP contribution in [-0.2, 0) is 4.79 Å². The first-order chi connectivity index (χ1) is 8.41. The van der Waals surface area contributed by atoms with E-state index in [2.05, 4.69) is 15.9 Å². The molecular weight excluding hydrogens is 313 g/mol. The van der Waals surface area contributed by atoms with Gasteiger partial charge in [-0.1, -0.05) is 0 Å². The van der Waals surface area contributed by atoms with Crippen LogP contribution in [0.1, 0.15) is 12.8 Å². The van der Waals surface area contributed by atoms with E-state index in [4.69, 9.17) is 9.84 Å². The summed E-state index contributed by atoms with van der Waals surface area (Å²) >= 11 is 2.96. The molecule has 98 valence electrons. The van der Waals surface area contributed by atoms with Crippen LogP contribution in [0.15, 0.2) is 16.6 Å². The van der Waals surface area contributed by atoms with E-state index in [0.29, 0.717) is 0 Å². The summed E-state index contributed by atoms with van der Waals surface area (Å²) in [6.07, 6.45) is 0.100. The zero-order valence-electron chi connectivity index (χ0n) is 9.06. The van der Waals surface area contributed by atoms with E-state index >= 15 is 0 Å². The van der Waals surface area contributed by atoms with Crippen molar-refractivity contribution in [3.05, 3.63) is 32.5 Å². The average molecular weight is 322 g/mol. The molecule has 1 aromatic rings. The smallest absolute Gasteiger partial charge is 0.315 e. The molecular formula is C10H9BrFNO5. The van der Waals surface area contributed by atoms with Crippen LogP contribution in [0, 0.1) is 15.9 Å². The van der Waals surface area contributed by atoms with E-state index in [0.717, 1.165) is 12.1 Å². The monoisotopic (exact) mass is 321 g/mol. The third-order valence-electron chi connectivity index (χ3n) is 1.97. The first kappa shape index (κ1) is 14.4. The number of carbonyl (C=O) groups is 1. The Bertz CT molecular complexity index is 480. The van der Waals surface area contributed by atoms with Gasteiger partial charge in [-0.15, -0.1) is 0 Å². The molecule has 0 bridgehead atoms. The molecule has 0 heterocycles. The van der Waals surface area contributed by atoms with Crippen molar-refractivity contribution in [3.63, 3.8) is 0 Å². The molecule has 6 nitrogen and oxygen atoms in total. The Labute approximate surface area is 110 Å². The van der Waals surface area contributed by atoms with Crippen LogP contribution < -0.4 is 4.74 Å². The largest absolute Gasteiger partial charge is 0.486 e. The topological polar surface area (TPSA) is 89.7 Å². The predicted octanol–water partition coefficient (Wildman–Crippen LogP) is 2.74. The van der Waals surface area contributed by atoms with Gasteiger partial charge in [0, 0.05) is 6.42 Å². The molecule has 1 rings (SSSR count). The van der Waals surface area contributed by atoms with E-state index in [1.165, 1.54) is 0 Å². The van der Waals surface area contributed by atoms with Crippen molar-refractivity contribution in [1.82, 2.24) is 0 Å². The molecule has 0 saturated carbocycles.